The summed E-state index contributed by atoms with van der Waals surface area (Å²) in [5.41, 5.74) is 1.36. The summed E-state index contributed by atoms with van der Waals surface area (Å²) in [6.45, 7) is 6.75. The van der Waals surface area contributed by atoms with Gasteiger partial charge in [-0.25, -0.2) is 0 Å². The van der Waals surface area contributed by atoms with Gasteiger partial charge in [-0.15, -0.1) is 0 Å². The summed E-state index contributed by atoms with van der Waals surface area (Å²) in [6.07, 6.45) is 1.07. The molecule has 0 bridgehead atoms. The van der Waals surface area contributed by atoms with E-state index in [0.717, 1.165) is 28.9 Å². The Morgan fingerprint density at radius 1 is 1.22 bits per heavy atom. The zero-order valence-corrected chi connectivity index (χ0v) is 12.8. The van der Waals surface area contributed by atoms with Crippen molar-refractivity contribution in [3.05, 3.63) is 22.2 Å². The minimum atomic E-state index is 0.0949. The van der Waals surface area contributed by atoms with Crippen molar-refractivity contribution < 1.29 is 9.47 Å². The molecule has 0 unspecified atom stereocenters. The Morgan fingerprint density at radius 2 is 1.83 bits per heavy atom. The van der Waals surface area contributed by atoms with Gasteiger partial charge in [-0.3, -0.25) is 0 Å². The number of halogens is 1. The molecule has 0 amide bonds. The summed E-state index contributed by atoms with van der Waals surface area (Å²) < 4.78 is 12.3. The van der Waals surface area contributed by atoms with Gasteiger partial charge >= 0.3 is 0 Å². The summed E-state index contributed by atoms with van der Waals surface area (Å²) in [7, 11) is 1.98. The van der Waals surface area contributed by atoms with Crippen molar-refractivity contribution in [1.29, 1.82) is 0 Å². The Kier molecular flexibility index (Phi) is 4.17. The molecule has 4 heteroatoms. The molecule has 1 N–H and O–H groups in total. The van der Waals surface area contributed by atoms with Crippen molar-refractivity contribution >= 4 is 15.9 Å². The molecule has 18 heavy (non-hydrogen) atoms. The van der Waals surface area contributed by atoms with Crippen molar-refractivity contribution in [2.45, 2.75) is 25.7 Å². The summed E-state index contributed by atoms with van der Waals surface area (Å²) in [5, 5.41) is 3.20. The quantitative estimate of drug-likeness (QED) is 0.926. The van der Waals surface area contributed by atoms with Crippen molar-refractivity contribution in [3.63, 3.8) is 0 Å². The van der Waals surface area contributed by atoms with Gasteiger partial charge < -0.3 is 14.8 Å². The molecule has 0 saturated heterocycles. The lowest BCUT2D eigenvalue weighted by atomic mass is 9.81. The number of hydrogen-bond acceptors (Lipinski definition) is 3. The lowest BCUT2D eigenvalue weighted by molar-refractivity contribution is 0.171. The van der Waals surface area contributed by atoms with Crippen LogP contribution in [0.5, 0.6) is 11.5 Å². The fourth-order valence-corrected chi connectivity index (χ4v) is 3.01. The molecule has 1 aromatic rings. The zero-order valence-electron chi connectivity index (χ0n) is 11.2. The van der Waals surface area contributed by atoms with Crippen molar-refractivity contribution in [2.75, 3.05) is 26.8 Å². The van der Waals surface area contributed by atoms with E-state index in [4.69, 9.17) is 9.47 Å². The largest absolute Gasteiger partial charge is 0.486 e. The topological polar surface area (TPSA) is 30.5 Å². The van der Waals surface area contributed by atoms with Crippen LogP contribution in [0.25, 0.3) is 0 Å². The van der Waals surface area contributed by atoms with Crippen LogP contribution >= 0.6 is 15.9 Å². The molecular weight excluding hydrogens is 294 g/mol. The van der Waals surface area contributed by atoms with Gasteiger partial charge in [0.25, 0.3) is 0 Å². The number of ether oxygens (including phenoxy) is 2. The molecule has 1 heterocycles. The van der Waals surface area contributed by atoms with Crippen LogP contribution in [0, 0.1) is 0 Å². The number of rotatable bonds is 4. The Labute approximate surface area is 117 Å². The van der Waals surface area contributed by atoms with E-state index in [-0.39, 0.29) is 5.41 Å². The molecule has 0 fully saturated rings. The molecule has 0 spiro atoms. The molecule has 1 aliphatic heterocycles. The molecule has 0 radical (unpaired) electrons. The third-order valence-corrected chi connectivity index (χ3v) is 4.02. The van der Waals surface area contributed by atoms with Gasteiger partial charge in [-0.05, 0) is 43.1 Å². The molecule has 1 aromatic carbocycles. The average molecular weight is 314 g/mol. The van der Waals surface area contributed by atoms with E-state index in [9.17, 15) is 0 Å². The van der Waals surface area contributed by atoms with Gasteiger partial charge in [-0.2, -0.15) is 0 Å². The molecule has 2 rings (SSSR count). The second-order valence-electron chi connectivity index (χ2n) is 5.21. The normalized spacial score (nSPS) is 14.7. The van der Waals surface area contributed by atoms with E-state index >= 15 is 0 Å². The Balaban J connectivity index is 2.32. The first-order valence-corrected chi connectivity index (χ1v) is 7.08. The first-order valence-electron chi connectivity index (χ1n) is 6.29. The molecule has 100 valence electrons. The van der Waals surface area contributed by atoms with E-state index in [1.54, 1.807) is 0 Å². The number of benzene rings is 1. The van der Waals surface area contributed by atoms with Gasteiger partial charge in [-0.1, -0.05) is 29.8 Å². The minimum absolute atomic E-state index is 0.0949. The van der Waals surface area contributed by atoms with E-state index in [1.807, 2.05) is 13.1 Å². The van der Waals surface area contributed by atoms with Crippen LogP contribution in [-0.4, -0.2) is 26.8 Å². The van der Waals surface area contributed by atoms with E-state index in [2.05, 4.69) is 41.2 Å². The Bertz CT molecular complexity index is 432. The molecular formula is C14H20BrNO2. The fourth-order valence-electron chi connectivity index (χ4n) is 2.15. The monoisotopic (exact) mass is 313 g/mol. The van der Waals surface area contributed by atoms with Crippen LogP contribution in [0.3, 0.4) is 0 Å². The first kappa shape index (κ1) is 13.7. The summed E-state index contributed by atoms with van der Waals surface area (Å²) in [5.74, 6) is 1.69. The molecule has 0 aliphatic carbocycles. The SMILES string of the molecule is CNCCC(C)(C)c1cc2c(cc1Br)OCCO2. The highest BCUT2D eigenvalue weighted by atomic mass is 79.9. The zero-order chi connectivity index (χ0) is 13.2. The van der Waals surface area contributed by atoms with Gasteiger partial charge in [0, 0.05) is 4.47 Å². The van der Waals surface area contributed by atoms with Crippen LogP contribution in [0.2, 0.25) is 0 Å². The summed E-state index contributed by atoms with van der Waals surface area (Å²) in [6, 6.07) is 4.12. The highest BCUT2D eigenvalue weighted by molar-refractivity contribution is 9.10. The van der Waals surface area contributed by atoms with Crippen LogP contribution in [0.15, 0.2) is 16.6 Å². The average Bonchev–Trinajstić information content (AvgIpc) is 2.35. The van der Waals surface area contributed by atoms with Crippen molar-refractivity contribution in [3.8, 4) is 11.5 Å². The fraction of sp³-hybridized carbons (Fsp3) is 0.571. The second-order valence-corrected chi connectivity index (χ2v) is 6.07. The number of hydrogen-bond donors (Lipinski definition) is 1. The standard InChI is InChI=1S/C14H20BrNO2/c1-14(2,4-5-16-3)10-8-12-13(9-11(10)15)18-7-6-17-12/h8-9,16H,4-7H2,1-3H3. The van der Waals surface area contributed by atoms with Crippen LogP contribution < -0.4 is 14.8 Å². The van der Waals surface area contributed by atoms with E-state index in [1.165, 1.54) is 5.56 Å². The maximum absolute atomic E-state index is 5.66. The molecule has 3 nitrogen and oxygen atoms in total. The van der Waals surface area contributed by atoms with Gasteiger partial charge in [0.05, 0.1) is 0 Å². The van der Waals surface area contributed by atoms with Crippen LogP contribution in [0.1, 0.15) is 25.8 Å². The van der Waals surface area contributed by atoms with Crippen molar-refractivity contribution in [2.24, 2.45) is 0 Å². The Morgan fingerprint density at radius 3 is 2.44 bits per heavy atom. The smallest absolute Gasteiger partial charge is 0.162 e. The highest BCUT2D eigenvalue weighted by Gasteiger charge is 2.25. The third-order valence-electron chi connectivity index (χ3n) is 3.36. The van der Waals surface area contributed by atoms with Gasteiger partial charge in [0.15, 0.2) is 11.5 Å². The third kappa shape index (κ3) is 2.81. The predicted molar refractivity (Wildman–Crippen MR) is 76.7 cm³/mol. The van der Waals surface area contributed by atoms with Gasteiger partial charge in [0.1, 0.15) is 13.2 Å². The predicted octanol–water partition coefficient (Wildman–Crippen LogP) is 3.11. The maximum Gasteiger partial charge on any atom is 0.162 e. The maximum atomic E-state index is 5.66. The van der Waals surface area contributed by atoms with Crippen LogP contribution in [0.4, 0.5) is 0 Å². The van der Waals surface area contributed by atoms with Crippen molar-refractivity contribution in [1.82, 2.24) is 5.32 Å². The number of nitrogens with one attached hydrogen (secondary N) is 1. The minimum Gasteiger partial charge on any atom is -0.486 e. The second kappa shape index (κ2) is 5.49. The van der Waals surface area contributed by atoms with E-state index in [0.29, 0.717) is 13.2 Å². The first-order chi connectivity index (χ1) is 8.54. The number of fused-ring (bicyclic) bond motifs is 1. The Hall–Kier alpha value is -0.740. The molecule has 0 atom stereocenters. The molecule has 1 aliphatic rings. The van der Waals surface area contributed by atoms with Crippen LogP contribution in [-0.2, 0) is 5.41 Å². The van der Waals surface area contributed by atoms with Gasteiger partial charge in [0.2, 0.25) is 0 Å². The highest BCUT2D eigenvalue weighted by Crippen LogP contribution is 2.41. The van der Waals surface area contributed by atoms with E-state index < -0.39 is 0 Å². The summed E-state index contributed by atoms with van der Waals surface area (Å²) in [4.78, 5) is 0. The molecule has 0 saturated carbocycles. The lowest BCUT2D eigenvalue weighted by Gasteiger charge is -2.29. The summed E-state index contributed by atoms with van der Waals surface area (Å²) >= 11 is 3.65. The lowest BCUT2D eigenvalue weighted by Crippen LogP contribution is -2.24. The molecule has 0 aromatic heterocycles.